The van der Waals surface area contributed by atoms with Crippen LogP contribution in [-0.4, -0.2) is 79.1 Å². The zero-order valence-electron chi connectivity index (χ0n) is 15.9. The van der Waals surface area contributed by atoms with Crippen molar-refractivity contribution in [1.29, 1.82) is 0 Å². The van der Waals surface area contributed by atoms with E-state index < -0.39 is 0 Å². The Morgan fingerprint density at radius 3 is 2.27 bits per heavy atom. The average Bonchev–Trinajstić information content (AvgIpc) is 3.13. The van der Waals surface area contributed by atoms with Crippen molar-refractivity contribution < 1.29 is 4.79 Å². The summed E-state index contributed by atoms with van der Waals surface area (Å²) >= 11 is 0. The monoisotopic (exact) mass is 360 g/mol. The zero-order chi connectivity index (χ0) is 18.2. The quantitative estimate of drug-likeness (QED) is 0.552. The second-order valence-electron chi connectivity index (χ2n) is 7.14. The molecule has 26 heavy (non-hydrogen) atoms. The van der Waals surface area contributed by atoms with E-state index in [4.69, 9.17) is 0 Å². The number of carbonyl (C=O) groups excluding carboxylic acids is 1. The average molecular weight is 361 g/mol. The first-order valence-corrected chi connectivity index (χ1v) is 9.82. The van der Waals surface area contributed by atoms with Crippen molar-refractivity contribution in [2.45, 2.75) is 25.8 Å². The van der Waals surface area contributed by atoms with Crippen molar-refractivity contribution in [2.24, 2.45) is 10.9 Å². The highest BCUT2D eigenvalue weighted by Crippen LogP contribution is 2.28. The Balaban J connectivity index is 1.27. The Hall–Kier alpha value is -2.02. The number of nitrogens with one attached hydrogen (secondary N) is 2. The first-order valence-electron chi connectivity index (χ1n) is 9.82. The number of hydrogen-bond donors (Lipinski definition) is 2. The number of aromatic nitrogens is 1. The van der Waals surface area contributed by atoms with E-state index in [2.05, 4.69) is 42.4 Å². The number of nitrogens with zero attached hydrogens (tertiary/aromatic N) is 4. The molecule has 1 saturated carbocycles. The summed E-state index contributed by atoms with van der Waals surface area (Å²) in [4.78, 5) is 21.0. The molecule has 0 radical (unpaired) electrons. The van der Waals surface area contributed by atoms with Gasteiger partial charge in [-0.2, -0.15) is 0 Å². The molecular formula is C19H32N6O. The molecule has 1 aromatic heterocycles. The Morgan fingerprint density at radius 2 is 1.69 bits per heavy atom. The van der Waals surface area contributed by atoms with E-state index in [1.807, 2.05) is 12.1 Å². The summed E-state index contributed by atoms with van der Waals surface area (Å²) in [5.74, 6) is 1.56. The van der Waals surface area contributed by atoms with Gasteiger partial charge in [0.1, 0.15) is 0 Å². The minimum absolute atomic E-state index is 0.323. The molecule has 1 amide bonds. The number of carbonyl (C=O) groups is 1. The van der Waals surface area contributed by atoms with Gasteiger partial charge in [-0.25, -0.2) is 0 Å². The van der Waals surface area contributed by atoms with Crippen LogP contribution < -0.4 is 10.6 Å². The lowest BCUT2D eigenvalue weighted by molar-refractivity contribution is -0.139. The third kappa shape index (κ3) is 5.24. The van der Waals surface area contributed by atoms with E-state index >= 15 is 0 Å². The van der Waals surface area contributed by atoms with Crippen LogP contribution in [0.1, 0.15) is 19.3 Å². The van der Waals surface area contributed by atoms with Gasteiger partial charge in [0.15, 0.2) is 5.96 Å². The number of aliphatic imine (C=N–C) groups is 1. The van der Waals surface area contributed by atoms with Crippen LogP contribution in [0.4, 0.5) is 0 Å². The number of rotatable bonds is 7. The SMILES string of the molecule is CN=C(NCCN1CCN(C(=O)C2CCC2)CC1)NCCn1cccc1. The fourth-order valence-electron chi connectivity index (χ4n) is 3.48. The molecule has 2 heterocycles. The summed E-state index contributed by atoms with van der Waals surface area (Å²) in [5, 5.41) is 6.71. The Kier molecular flexibility index (Phi) is 6.94. The summed E-state index contributed by atoms with van der Waals surface area (Å²) in [7, 11) is 1.80. The molecule has 0 unspecified atom stereocenters. The lowest BCUT2D eigenvalue weighted by Crippen LogP contribution is -2.52. The molecule has 0 bridgehead atoms. The molecule has 2 fully saturated rings. The first-order chi connectivity index (χ1) is 12.8. The molecule has 1 aliphatic heterocycles. The van der Waals surface area contributed by atoms with Crippen molar-refractivity contribution in [3.8, 4) is 0 Å². The fourth-order valence-corrected chi connectivity index (χ4v) is 3.48. The second-order valence-corrected chi connectivity index (χ2v) is 7.14. The predicted octanol–water partition coefficient (Wildman–Crippen LogP) is 0.597. The molecule has 2 aliphatic rings. The van der Waals surface area contributed by atoms with Crippen LogP contribution in [0.2, 0.25) is 0 Å². The summed E-state index contributed by atoms with van der Waals surface area (Å²) in [6, 6.07) is 4.07. The Labute approximate surface area is 156 Å². The summed E-state index contributed by atoms with van der Waals surface area (Å²) in [6.45, 7) is 7.29. The minimum atomic E-state index is 0.323. The summed E-state index contributed by atoms with van der Waals surface area (Å²) < 4.78 is 2.14. The van der Waals surface area contributed by atoms with E-state index in [1.54, 1.807) is 7.05 Å². The molecule has 0 aromatic carbocycles. The van der Waals surface area contributed by atoms with Gasteiger partial charge in [-0.05, 0) is 25.0 Å². The maximum atomic E-state index is 12.3. The highest BCUT2D eigenvalue weighted by Gasteiger charge is 2.30. The van der Waals surface area contributed by atoms with Crippen LogP contribution in [0.25, 0.3) is 0 Å². The normalized spacial score (nSPS) is 19.3. The van der Waals surface area contributed by atoms with Gasteiger partial charge in [0.05, 0.1) is 0 Å². The van der Waals surface area contributed by atoms with E-state index in [0.717, 1.165) is 71.2 Å². The lowest BCUT2D eigenvalue weighted by atomic mass is 9.84. The van der Waals surface area contributed by atoms with Crippen molar-refractivity contribution >= 4 is 11.9 Å². The Morgan fingerprint density at radius 1 is 1.04 bits per heavy atom. The van der Waals surface area contributed by atoms with Crippen LogP contribution >= 0.6 is 0 Å². The van der Waals surface area contributed by atoms with Crippen molar-refractivity contribution in [3.63, 3.8) is 0 Å². The first kappa shape index (κ1) is 18.8. The van der Waals surface area contributed by atoms with Gasteiger partial charge in [-0.3, -0.25) is 14.7 Å². The van der Waals surface area contributed by atoms with Crippen molar-refractivity contribution in [1.82, 2.24) is 25.0 Å². The van der Waals surface area contributed by atoms with Crippen LogP contribution in [0.15, 0.2) is 29.5 Å². The van der Waals surface area contributed by atoms with Gasteiger partial charge < -0.3 is 20.1 Å². The number of guanidine groups is 1. The Bertz CT molecular complexity index is 573. The van der Waals surface area contributed by atoms with Crippen molar-refractivity contribution in [2.75, 3.05) is 52.9 Å². The third-order valence-electron chi connectivity index (χ3n) is 5.41. The maximum absolute atomic E-state index is 12.3. The van der Waals surface area contributed by atoms with E-state index in [0.29, 0.717) is 11.8 Å². The van der Waals surface area contributed by atoms with Gasteiger partial charge in [-0.1, -0.05) is 6.42 Å². The molecule has 7 nitrogen and oxygen atoms in total. The molecule has 1 aliphatic carbocycles. The van der Waals surface area contributed by atoms with Gasteiger partial charge in [0, 0.05) is 77.7 Å². The third-order valence-corrected chi connectivity index (χ3v) is 5.41. The van der Waals surface area contributed by atoms with Gasteiger partial charge in [0.2, 0.25) is 5.91 Å². The zero-order valence-corrected chi connectivity index (χ0v) is 15.9. The maximum Gasteiger partial charge on any atom is 0.225 e. The van der Waals surface area contributed by atoms with Crippen LogP contribution in [0, 0.1) is 5.92 Å². The largest absolute Gasteiger partial charge is 0.355 e. The standard InChI is InChI=1S/C19H32N6O/c1-20-19(21-7-11-23-9-2-3-10-23)22-8-12-24-13-15-25(16-14-24)18(26)17-5-4-6-17/h2-3,9-10,17H,4-8,11-16H2,1H3,(H2,20,21,22). The second kappa shape index (κ2) is 9.62. The molecule has 1 saturated heterocycles. The molecule has 0 atom stereocenters. The summed E-state index contributed by atoms with van der Waals surface area (Å²) in [6.07, 6.45) is 7.54. The van der Waals surface area contributed by atoms with Gasteiger partial charge in [-0.15, -0.1) is 0 Å². The molecule has 0 spiro atoms. The van der Waals surface area contributed by atoms with Crippen LogP contribution in [-0.2, 0) is 11.3 Å². The molecule has 3 rings (SSSR count). The summed E-state index contributed by atoms with van der Waals surface area (Å²) in [5.41, 5.74) is 0. The lowest BCUT2D eigenvalue weighted by Gasteiger charge is -2.38. The van der Waals surface area contributed by atoms with Gasteiger partial charge >= 0.3 is 0 Å². The van der Waals surface area contributed by atoms with Gasteiger partial charge in [0.25, 0.3) is 0 Å². The number of amides is 1. The fraction of sp³-hybridized carbons (Fsp3) is 0.684. The number of piperazine rings is 1. The molecule has 1 aromatic rings. The van der Waals surface area contributed by atoms with Crippen LogP contribution in [0.3, 0.4) is 0 Å². The van der Waals surface area contributed by atoms with E-state index in [-0.39, 0.29) is 0 Å². The van der Waals surface area contributed by atoms with E-state index in [9.17, 15) is 4.79 Å². The molecule has 2 N–H and O–H groups in total. The number of hydrogen-bond acceptors (Lipinski definition) is 3. The topological polar surface area (TPSA) is 64.9 Å². The molecule has 144 valence electrons. The molecular weight excluding hydrogens is 328 g/mol. The highest BCUT2D eigenvalue weighted by atomic mass is 16.2. The van der Waals surface area contributed by atoms with Crippen molar-refractivity contribution in [3.05, 3.63) is 24.5 Å². The van der Waals surface area contributed by atoms with Crippen LogP contribution in [0.5, 0.6) is 0 Å². The predicted molar refractivity (Wildman–Crippen MR) is 104 cm³/mol. The molecule has 7 heteroatoms. The smallest absolute Gasteiger partial charge is 0.225 e. The highest BCUT2D eigenvalue weighted by molar-refractivity contribution is 5.80. The van der Waals surface area contributed by atoms with E-state index in [1.165, 1.54) is 6.42 Å². The minimum Gasteiger partial charge on any atom is -0.355 e.